The third-order valence-corrected chi connectivity index (χ3v) is 4.47. The van der Waals surface area contributed by atoms with Crippen LogP contribution in [0.15, 0.2) is 59.4 Å². The molecule has 0 spiro atoms. The van der Waals surface area contributed by atoms with Crippen LogP contribution in [0, 0.1) is 6.92 Å². The maximum Gasteiger partial charge on any atom is 0.387 e. The first-order chi connectivity index (χ1) is 14.8. The number of nitrogens with zero attached hydrogens (tertiary/aromatic N) is 2. The molecule has 2 aromatic carbocycles. The second-order valence-corrected chi connectivity index (χ2v) is 6.46. The van der Waals surface area contributed by atoms with E-state index in [-0.39, 0.29) is 17.0 Å². The van der Waals surface area contributed by atoms with Crippen LogP contribution in [-0.2, 0) is 16.6 Å². The number of rotatable bonds is 7. The van der Waals surface area contributed by atoms with E-state index in [0.29, 0.717) is 11.4 Å². The van der Waals surface area contributed by atoms with Gasteiger partial charge in [-0.3, -0.25) is 14.3 Å². The summed E-state index contributed by atoms with van der Waals surface area (Å²) in [5.41, 5.74) is 0.839. The molecule has 3 rings (SSSR count). The summed E-state index contributed by atoms with van der Waals surface area (Å²) in [6.07, 6.45) is 0. The van der Waals surface area contributed by atoms with Crippen LogP contribution < -0.4 is 15.6 Å². The minimum Gasteiger partial charge on any atom is -0.452 e. The Hall–Kier alpha value is -3.95. The summed E-state index contributed by atoms with van der Waals surface area (Å²) in [5, 5.41) is 2.47. The molecule has 162 valence electrons. The zero-order valence-corrected chi connectivity index (χ0v) is 16.7. The van der Waals surface area contributed by atoms with Crippen LogP contribution in [0.3, 0.4) is 0 Å². The number of hydrogen-bond acceptors (Lipinski definition) is 5. The Morgan fingerprint density at radius 2 is 1.71 bits per heavy atom. The predicted octanol–water partition coefficient (Wildman–Crippen LogP) is 2.88. The highest BCUT2D eigenvalue weighted by Crippen LogP contribution is 2.16. The van der Waals surface area contributed by atoms with Crippen LogP contribution in [0.25, 0.3) is 5.69 Å². The number of halogens is 2. The van der Waals surface area contributed by atoms with Crippen LogP contribution in [0.1, 0.15) is 16.1 Å². The van der Waals surface area contributed by atoms with Crippen molar-refractivity contribution in [1.82, 2.24) is 9.36 Å². The number of amides is 1. The lowest BCUT2D eigenvalue weighted by atomic mass is 10.2. The number of para-hydroxylation sites is 1. The number of anilines is 1. The Kier molecular flexibility index (Phi) is 6.49. The Labute approximate surface area is 175 Å². The number of carbonyl (C=O) groups excluding carboxylic acids is 2. The first-order valence-electron chi connectivity index (χ1n) is 9.14. The molecule has 31 heavy (non-hydrogen) atoms. The fourth-order valence-electron chi connectivity index (χ4n) is 2.87. The highest BCUT2D eigenvalue weighted by atomic mass is 19.3. The van der Waals surface area contributed by atoms with Gasteiger partial charge in [0.15, 0.2) is 6.61 Å². The normalized spacial score (nSPS) is 10.7. The Morgan fingerprint density at radius 1 is 1.06 bits per heavy atom. The van der Waals surface area contributed by atoms with E-state index in [1.807, 2.05) is 6.07 Å². The van der Waals surface area contributed by atoms with Crippen LogP contribution in [0.2, 0.25) is 0 Å². The molecule has 1 heterocycles. The molecule has 0 aliphatic carbocycles. The second kappa shape index (κ2) is 9.24. The van der Waals surface area contributed by atoms with Gasteiger partial charge in [-0.2, -0.15) is 8.78 Å². The highest BCUT2D eigenvalue weighted by Gasteiger charge is 2.19. The first-order valence-corrected chi connectivity index (χ1v) is 9.14. The topological polar surface area (TPSA) is 91.6 Å². The number of alkyl halides is 2. The minimum atomic E-state index is -2.98. The van der Waals surface area contributed by atoms with Crippen LogP contribution >= 0.6 is 0 Å². The van der Waals surface area contributed by atoms with Crippen LogP contribution in [-0.4, -0.2) is 34.5 Å². The van der Waals surface area contributed by atoms with Gasteiger partial charge < -0.3 is 14.8 Å². The second-order valence-electron chi connectivity index (χ2n) is 6.46. The summed E-state index contributed by atoms with van der Waals surface area (Å²) in [6, 6.07) is 13.7. The lowest BCUT2D eigenvalue weighted by molar-refractivity contribution is -0.119. The molecule has 10 heteroatoms. The molecule has 0 unspecified atom stereocenters. The van der Waals surface area contributed by atoms with Gasteiger partial charge in [-0.05, 0) is 43.3 Å². The maximum atomic E-state index is 12.8. The molecule has 0 bridgehead atoms. The van der Waals surface area contributed by atoms with Crippen molar-refractivity contribution in [2.45, 2.75) is 13.5 Å². The number of ether oxygens (including phenoxy) is 2. The van der Waals surface area contributed by atoms with Gasteiger partial charge in [-0.15, -0.1) is 0 Å². The first kappa shape index (κ1) is 21.8. The monoisotopic (exact) mass is 431 g/mol. The van der Waals surface area contributed by atoms with E-state index in [4.69, 9.17) is 4.74 Å². The number of hydrogen-bond donors (Lipinski definition) is 1. The number of aromatic nitrogens is 2. The molecular weight excluding hydrogens is 412 g/mol. The van der Waals surface area contributed by atoms with Crippen molar-refractivity contribution in [2.24, 2.45) is 7.05 Å². The molecule has 0 atom stereocenters. The fraction of sp³-hybridized carbons (Fsp3) is 0.190. The van der Waals surface area contributed by atoms with Gasteiger partial charge >= 0.3 is 12.6 Å². The van der Waals surface area contributed by atoms with E-state index in [2.05, 4.69) is 10.1 Å². The van der Waals surface area contributed by atoms with E-state index in [1.54, 1.807) is 42.9 Å². The number of esters is 1. The van der Waals surface area contributed by atoms with Gasteiger partial charge in [-0.1, -0.05) is 18.2 Å². The zero-order chi connectivity index (χ0) is 22.5. The lowest BCUT2D eigenvalue weighted by Gasteiger charge is -2.07. The Morgan fingerprint density at radius 3 is 2.32 bits per heavy atom. The van der Waals surface area contributed by atoms with Gasteiger partial charge in [0.05, 0.1) is 16.9 Å². The molecule has 0 aliphatic heterocycles. The Balaban J connectivity index is 1.65. The highest BCUT2D eigenvalue weighted by molar-refractivity contribution is 5.95. The minimum absolute atomic E-state index is 0.0525. The van der Waals surface area contributed by atoms with Gasteiger partial charge in [0.1, 0.15) is 11.4 Å². The molecule has 0 aliphatic rings. The van der Waals surface area contributed by atoms with Crippen LogP contribution in [0.5, 0.6) is 5.75 Å². The van der Waals surface area contributed by atoms with Crippen molar-refractivity contribution >= 4 is 17.6 Å². The van der Waals surface area contributed by atoms with Crippen molar-refractivity contribution in [2.75, 3.05) is 11.9 Å². The summed E-state index contributed by atoms with van der Waals surface area (Å²) in [5.74, 6) is -1.64. The molecule has 1 amide bonds. The quantitative estimate of drug-likeness (QED) is 0.581. The average Bonchev–Trinajstić information content (AvgIpc) is 2.96. The summed E-state index contributed by atoms with van der Waals surface area (Å²) in [7, 11) is 1.68. The number of benzene rings is 2. The molecule has 0 fully saturated rings. The molecule has 1 N–H and O–H groups in total. The van der Waals surface area contributed by atoms with E-state index >= 15 is 0 Å². The number of carbonyl (C=O) groups is 2. The zero-order valence-electron chi connectivity index (χ0n) is 16.7. The van der Waals surface area contributed by atoms with Crippen molar-refractivity contribution in [1.29, 1.82) is 0 Å². The fourth-order valence-corrected chi connectivity index (χ4v) is 2.87. The summed E-state index contributed by atoms with van der Waals surface area (Å²) < 4.78 is 36.5. The van der Waals surface area contributed by atoms with Crippen molar-refractivity contribution in [3.8, 4) is 11.4 Å². The van der Waals surface area contributed by atoms with Gasteiger partial charge in [0.2, 0.25) is 0 Å². The summed E-state index contributed by atoms with van der Waals surface area (Å²) >= 11 is 0. The van der Waals surface area contributed by atoms with Gasteiger partial charge in [0.25, 0.3) is 11.5 Å². The molecule has 3 aromatic rings. The molecule has 0 saturated carbocycles. The van der Waals surface area contributed by atoms with Crippen LogP contribution in [0.4, 0.5) is 14.5 Å². The standard InChI is InChI=1S/C21H19F2N3O5/c1-13-18(19(28)26(25(13)2)15-6-4-3-5-7-15)24-17(27)12-30-20(29)14-8-10-16(11-9-14)31-21(22)23/h3-11,21H,12H2,1-2H3,(H,24,27). The maximum absolute atomic E-state index is 12.8. The van der Waals surface area contributed by atoms with Crippen molar-refractivity contribution in [3.05, 3.63) is 76.2 Å². The largest absolute Gasteiger partial charge is 0.452 e. The lowest BCUT2D eigenvalue weighted by Crippen LogP contribution is -2.25. The molecule has 0 radical (unpaired) electrons. The summed E-state index contributed by atoms with van der Waals surface area (Å²) in [6.45, 7) is -1.94. The third kappa shape index (κ3) is 4.97. The molecule has 8 nitrogen and oxygen atoms in total. The van der Waals surface area contributed by atoms with E-state index < -0.39 is 30.7 Å². The molecule has 0 saturated heterocycles. The third-order valence-electron chi connectivity index (χ3n) is 4.47. The predicted molar refractivity (Wildman–Crippen MR) is 108 cm³/mol. The van der Waals surface area contributed by atoms with E-state index in [9.17, 15) is 23.2 Å². The summed E-state index contributed by atoms with van der Waals surface area (Å²) in [4.78, 5) is 37.1. The Bertz CT molecular complexity index is 1140. The van der Waals surface area contributed by atoms with Gasteiger partial charge in [-0.25, -0.2) is 9.48 Å². The molecule has 1 aromatic heterocycles. The number of nitrogens with one attached hydrogen (secondary N) is 1. The van der Waals surface area contributed by atoms with Gasteiger partial charge in [0, 0.05) is 7.05 Å². The van der Waals surface area contributed by atoms with Crippen molar-refractivity contribution in [3.63, 3.8) is 0 Å². The van der Waals surface area contributed by atoms with E-state index in [1.165, 1.54) is 28.9 Å². The average molecular weight is 431 g/mol. The molecular formula is C21H19F2N3O5. The van der Waals surface area contributed by atoms with E-state index in [0.717, 1.165) is 0 Å². The smallest absolute Gasteiger partial charge is 0.387 e. The SMILES string of the molecule is Cc1c(NC(=O)COC(=O)c2ccc(OC(F)F)cc2)c(=O)n(-c2ccccc2)n1C. The van der Waals surface area contributed by atoms with Crippen molar-refractivity contribution < 1.29 is 27.8 Å².